The van der Waals surface area contributed by atoms with Crippen LogP contribution in [0.4, 0.5) is 0 Å². The van der Waals surface area contributed by atoms with Crippen molar-refractivity contribution in [2.75, 3.05) is 13.7 Å². The Morgan fingerprint density at radius 1 is 0.920 bits per heavy atom. The highest BCUT2D eigenvalue weighted by Crippen LogP contribution is 2.12. The average Bonchev–Trinajstić information content (AvgIpc) is 2.62. The molecule has 130 valence electrons. The van der Waals surface area contributed by atoms with Gasteiger partial charge in [0.1, 0.15) is 5.75 Å². The van der Waals surface area contributed by atoms with Crippen LogP contribution in [0.25, 0.3) is 0 Å². The molecule has 0 aliphatic rings. The van der Waals surface area contributed by atoms with Crippen LogP contribution in [-0.2, 0) is 9.53 Å². The number of carbonyl (C=O) groups excluding carboxylic acids is 3. The van der Waals surface area contributed by atoms with E-state index in [0.29, 0.717) is 16.9 Å². The lowest BCUT2D eigenvalue weighted by Crippen LogP contribution is -2.34. The average molecular weight is 341 g/mol. The molecule has 2 aromatic rings. The van der Waals surface area contributed by atoms with Crippen LogP contribution in [0.1, 0.15) is 31.8 Å². The summed E-state index contributed by atoms with van der Waals surface area (Å²) < 4.78 is 9.93. The van der Waals surface area contributed by atoms with E-state index in [1.54, 1.807) is 30.3 Å². The van der Waals surface area contributed by atoms with Crippen molar-refractivity contribution in [3.05, 3.63) is 64.7 Å². The van der Waals surface area contributed by atoms with Crippen LogP contribution in [-0.4, -0.2) is 31.5 Å². The van der Waals surface area contributed by atoms with Gasteiger partial charge in [0.2, 0.25) is 0 Å². The number of hydrogen-bond acceptors (Lipinski definition) is 5. The molecule has 0 unspecified atom stereocenters. The van der Waals surface area contributed by atoms with Crippen LogP contribution in [0.3, 0.4) is 0 Å². The normalized spacial score (nSPS) is 10.0. The summed E-state index contributed by atoms with van der Waals surface area (Å²) in [6.45, 7) is 3.28. The van der Waals surface area contributed by atoms with Gasteiger partial charge in [-0.2, -0.15) is 0 Å². The molecule has 0 spiro atoms. The Balaban J connectivity index is 1.87. The number of aryl methyl sites for hydroxylation is 2. The van der Waals surface area contributed by atoms with Gasteiger partial charge in [0, 0.05) is 5.56 Å². The number of nitrogens with one attached hydrogen (secondary N) is 1. The second kappa shape index (κ2) is 8.10. The molecule has 0 atom stereocenters. The summed E-state index contributed by atoms with van der Waals surface area (Å²) in [5, 5.41) is 2.17. The summed E-state index contributed by atoms with van der Waals surface area (Å²) in [6, 6.07) is 11.4. The molecule has 0 aliphatic carbocycles. The first-order valence-electron chi connectivity index (χ1n) is 7.63. The molecule has 0 saturated heterocycles. The van der Waals surface area contributed by atoms with Crippen molar-refractivity contribution in [2.45, 2.75) is 13.8 Å². The molecule has 25 heavy (non-hydrogen) atoms. The van der Waals surface area contributed by atoms with E-state index < -0.39 is 24.4 Å². The zero-order chi connectivity index (χ0) is 18.4. The van der Waals surface area contributed by atoms with Crippen LogP contribution in [0.15, 0.2) is 42.5 Å². The number of amides is 2. The number of rotatable bonds is 5. The van der Waals surface area contributed by atoms with Crippen molar-refractivity contribution in [3.63, 3.8) is 0 Å². The van der Waals surface area contributed by atoms with Gasteiger partial charge in [-0.05, 0) is 61.4 Å². The number of imide groups is 1. The maximum Gasteiger partial charge on any atom is 0.338 e. The molecule has 6 nitrogen and oxygen atoms in total. The predicted octanol–water partition coefficient (Wildman–Crippen LogP) is 2.43. The predicted molar refractivity (Wildman–Crippen MR) is 91.7 cm³/mol. The summed E-state index contributed by atoms with van der Waals surface area (Å²) >= 11 is 0. The first-order valence-corrected chi connectivity index (χ1v) is 7.63. The first-order chi connectivity index (χ1) is 11.9. The lowest BCUT2D eigenvalue weighted by atomic mass is 10.1. The van der Waals surface area contributed by atoms with Gasteiger partial charge >= 0.3 is 5.97 Å². The molecule has 2 rings (SSSR count). The van der Waals surface area contributed by atoms with Crippen molar-refractivity contribution in [1.82, 2.24) is 5.32 Å². The van der Waals surface area contributed by atoms with E-state index in [1.807, 2.05) is 13.8 Å². The Labute approximate surface area is 145 Å². The number of ether oxygens (including phenoxy) is 2. The van der Waals surface area contributed by atoms with Gasteiger partial charge in [-0.15, -0.1) is 0 Å². The van der Waals surface area contributed by atoms with Crippen LogP contribution < -0.4 is 10.1 Å². The molecular formula is C19H19NO5. The SMILES string of the molecule is COc1ccc(C(=O)NC(=O)COC(=O)c2ccc(C)c(C)c2)cc1. The minimum absolute atomic E-state index is 0.301. The Morgan fingerprint density at radius 3 is 2.16 bits per heavy atom. The summed E-state index contributed by atoms with van der Waals surface area (Å²) in [5.41, 5.74) is 2.67. The van der Waals surface area contributed by atoms with Crippen molar-refractivity contribution in [3.8, 4) is 5.75 Å². The van der Waals surface area contributed by atoms with Gasteiger partial charge < -0.3 is 9.47 Å². The van der Waals surface area contributed by atoms with Gasteiger partial charge in [-0.1, -0.05) is 6.07 Å². The number of hydrogen-bond donors (Lipinski definition) is 1. The second-order valence-corrected chi connectivity index (χ2v) is 5.48. The van der Waals surface area contributed by atoms with Crippen LogP contribution in [0.5, 0.6) is 5.75 Å². The lowest BCUT2D eigenvalue weighted by Gasteiger charge is -2.07. The topological polar surface area (TPSA) is 81.7 Å². The Hall–Kier alpha value is -3.15. The highest BCUT2D eigenvalue weighted by atomic mass is 16.5. The Morgan fingerprint density at radius 2 is 1.56 bits per heavy atom. The van der Waals surface area contributed by atoms with Crippen LogP contribution in [0.2, 0.25) is 0 Å². The molecule has 1 N–H and O–H groups in total. The molecule has 0 bridgehead atoms. The molecular weight excluding hydrogens is 322 g/mol. The van der Waals surface area contributed by atoms with Gasteiger partial charge in [0.25, 0.3) is 11.8 Å². The van der Waals surface area contributed by atoms with Gasteiger partial charge in [-0.3, -0.25) is 14.9 Å². The molecule has 2 amide bonds. The molecule has 0 fully saturated rings. The molecule has 0 aliphatic heterocycles. The van der Waals surface area contributed by atoms with E-state index in [9.17, 15) is 14.4 Å². The second-order valence-electron chi connectivity index (χ2n) is 5.48. The summed E-state index contributed by atoms with van der Waals surface area (Å²) in [5.74, 6) is -1.28. The fraction of sp³-hybridized carbons (Fsp3) is 0.211. The molecule has 0 heterocycles. The van der Waals surface area contributed by atoms with E-state index in [0.717, 1.165) is 11.1 Å². The minimum atomic E-state index is -0.696. The number of benzene rings is 2. The molecule has 2 aromatic carbocycles. The van der Waals surface area contributed by atoms with Gasteiger partial charge in [0.15, 0.2) is 6.61 Å². The Bertz CT molecular complexity index is 796. The van der Waals surface area contributed by atoms with Crippen molar-refractivity contribution in [1.29, 1.82) is 0 Å². The van der Waals surface area contributed by atoms with E-state index in [1.165, 1.54) is 19.2 Å². The van der Waals surface area contributed by atoms with Crippen molar-refractivity contribution >= 4 is 17.8 Å². The smallest absolute Gasteiger partial charge is 0.338 e. The Kier molecular flexibility index (Phi) is 5.89. The lowest BCUT2D eigenvalue weighted by molar-refractivity contribution is -0.123. The standard InChI is InChI=1S/C19H19NO5/c1-12-4-5-15(10-13(12)2)19(23)25-11-17(21)20-18(22)14-6-8-16(24-3)9-7-14/h4-10H,11H2,1-3H3,(H,20,21,22). The highest BCUT2D eigenvalue weighted by Gasteiger charge is 2.14. The molecule has 0 saturated carbocycles. The largest absolute Gasteiger partial charge is 0.497 e. The molecule has 0 radical (unpaired) electrons. The maximum atomic E-state index is 11.9. The summed E-state index contributed by atoms with van der Waals surface area (Å²) in [6.07, 6.45) is 0. The maximum absolute atomic E-state index is 11.9. The summed E-state index contributed by atoms with van der Waals surface area (Å²) in [4.78, 5) is 35.6. The monoisotopic (exact) mass is 341 g/mol. The van der Waals surface area contributed by atoms with E-state index >= 15 is 0 Å². The number of methoxy groups -OCH3 is 1. The fourth-order valence-electron chi connectivity index (χ4n) is 2.06. The van der Waals surface area contributed by atoms with Gasteiger partial charge in [0.05, 0.1) is 12.7 Å². The first kappa shape index (κ1) is 18.2. The summed E-state index contributed by atoms with van der Waals surface area (Å²) in [7, 11) is 1.52. The van der Waals surface area contributed by atoms with Gasteiger partial charge in [-0.25, -0.2) is 4.79 Å². The van der Waals surface area contributed by atoms with E-state index in [2.05, 4.69) is 5.32 Å². The van der Waals surface area contributed by atoms with Crippen LogP contribution >= 0.6 is 0 Å². The highest BCUT2D eigenvalue weighted by molar-refractivity contribution is 6.05. The molecule has 0 aromatic heterocycles. The minimum Gasteiger partial charge on any atom is -0.497 e. The molecule has 6 heteroatoms. The number of esters is 1. The fourth-order valence-corrected chi connectivity index (χ4v) is 2.06. The quantitative estimate of drug-likeness (QED) is 0.845. The third-order valence-electron chi connectivity index (χ3n) is 3.68. The third kappa shape index (κ3) is 4.91. The van der Waals surface area contributed by atoms with Crippen molar-refractivity contribution < 1.29 is 23.9 Å². The third-order valence-corrected chi connectivity index (χ3v) is 3.68. The van der Waals surface area contributed by atoms with Crippen LogP contribution in [0, 0.1) is 13.8 Å². The number of carbonyl (C=O) groups is 3. The zero-order valence-corrected chi connectivity index (χ0v) is 14.3. The zero-order valence-electron chi connectivity index (χ0n) is 14.3. The van der Waals surface area contributed by atoms with Crippen molar-refractivity contribution in [2.24, 2.45) is 0 Å². The van der Waals surface area contributed by atoms with E-state index in [-0.39, 0.29) is 0 Å². The van der Waals surface area contributed by atoms with E-state index in [4.69, 9.17) is 9.47 Å².